The summed E-state index contributed by atoms with van der Waals surface area (Å²) in [6.07, 6.45) is 5.33. The van der Waals surface area contributed by atoms with Crippen molar-refractivity contribution in [2.75, 3.05) is 38.2 Å². The van der Waals surface area contributed by atoms with Gasteiger partial charge in [0.15, 0.2) is 22.9 Å². The molecule has 184 valence electrons. The number of methoxy groups -OCH3 is 3. The number of nitrogens with zero attached hydrogens (tertiary/aromatic N) is 5. The van der Waals surface area contributed by atoms with Crippen LogP contribution >= 0.6 is 0 Å². The molecular weight excluding hydrogens is 456 g/mol. The van der Waals surface area contributed by atoms with Gasteiger partial charge in [0.1, 0.15) is 23.9 Å². The third kappa shape index (κ3) is 4.06. The number of furan rings is 1. The van der Waals surface area contributed by atoms with E-state index in [9.17, 15) is 10.2 Å². The van der Waals surface area contributed by atoms with Gasteiger partial charge in [0.05, 0.1) is 52.1 Å². The minimum absolute atomic E-state index is 0.105. The average molecular weight is 482 g/mol. The fraction of sp³-hybridized carbons (Fsp3) is 0.348. The number of aromatic nitrogens is 4. The molecule has 2 atom stereocenters. The first-order valence-corrected chi connectivity index (χ1v) is 11.0. The average Bonchev–Trinajstić information content (AvgIpc) is 3.62. The molecule has 4 aromatic rings. The highest BCUT2D eigenvalue weighted by molar-refractivity contribution is 5.86. The number of aliphatic hydroxyl groups is 2. The van der Waals surface area contributed by atoms with Crippen LogP contribution in [0.5, 0.6) is 17.2 Å². The predicted octanol–water partition coefficient (Wildman–Crippen LogP) is 2.46. The number of nitrogens with one attached hydrogen (secondary N) is 1. The van der Waals surface area contributed by atoms with E-state index in [4.69, 9.17) is 18.6 Å². The summed E-state index contributed by atoms with van der Waals surface area (Å²) in [5.74, 6) is 2.73. The van der Waals surface area contributed by atoms with E-state index in [2.05, 4.69) is 20.3 Å². The molecule has 0 saturated carbocycles. The molecular formula is C23H26N6O6. The molecule has 3 aromatic heterocycles. The molecule has 1 aliphatic rings. The van der Waals surface area contributed by atoms with Crippen LogP contribution < -0.4 is 24.4 Å². The molecule has 1 aromatic carbocycles. The number of fused-ring (bicyclic) bond motifs is 1. The molecule has 3 N–H and O–H groups in total. The van der Waals surface area contributed by atoms with Crippen molar-refractivity contribution in [1.29, 1.82) is 0 Å². The summed E-state index contributed by atoms with van der Waals surface area (Å²) in [5, 5.41) is 23.4. The third-order valence-corrected chi connectivity index (χ3v) is 5.98. The van der Waals surface area contributed by atoms with Gasteiger partial charge in [-0.1, -0.05) is 0 Å². The van der Waals surface area contributed by atoms with Crippen molar-refractivity contribution in [3.05, 3.63) is 37.0 Å². The fourth-order valence-corrected chi connectivity index (χ4v) is 4.26. The van der Waals surface area contributed by atoms with Crippen molar-refractivity contribution < 1.29 is 28.8 Å². The van der Waals surface area contributed by atoms with E-state index in [0.29, 0.717) is 58.8 Å². The Hall–Kier alpha value is -4.03. The lowest BCUT2D eigenvalue weighted by Gasteiger charge is -2.26. The van der Waals surface area contributed by atoms with E-state index in [0.717, 1.165) is 5.69 Å². The molecule has 1 fully saturated rings. The Kier molecular flexibility index (Phi) is 6.05. The first-order valence-electron chi connectivity index (χ1n) is 11.0. The van der Waals surface area contributed by atoms with Crippen LogP contribution in [0.3, 0.4) is 0 Å². The standard InChI is InChI=1S/C23H26N6O6/c1-32-16-8-14(9-17(33-2)21(16)34-3)28-10-18(24-12-28)26-22-20-15(6-7-35-20)25-23(27-22)29-13(11-30)4-5-19(29)31/h6-10,12-13,19,30-31H,4-5,11H2,1-3H3,(H,25,26,27)/t13-,19?/m0/s1. The van der Waals surface area contributed by atoms with Crippen LogP contribution in [0.2, 0.25) is 0 Å². The molecule has 4 heterocycles. The van der Waals surface area contributed by atoms with Crippen molar-refractivity contribution in [2.45, 2.75) is 25.1 Å². The van der Waals surface area contributed by atoms with Gasteiger partial charge in [-0.15, -0.1) is 0 Å². The summed E-state index contributed by atoms with van der Waals surface area (Å²) in [6.45, 7) is -0.105. The molecule has 0 bridgehead atoms. The Morgan fingerprint density at radius 2 is 1.89 bits per heavy atom. The zero-order chi connectivity index (χ0) is 24.5. The maximum absolute atomic E-state index is 10.4. The smallest absolute Gasteiger partial charge is 0.230 e. The highest BCUT2D eigenvalue weighted by Gasteiger charge is 2.34. The van der Waals surface area contributed by atoms with Gasteiger partial charge in [0.25, 0.3) is 0 Å². The molecule has 1 saturated heterocycles. The first-order chi connectivity index (χ1) is 17.1. The third-order valence-electron chi connectivity index (χ3n) is 5.98. The van der Waals surface area contributed by atoms with Gasteiger partial charge < -0.3 is 43.6 Å². The molecule has 0 spiro atoms. The topological polar surface area (TPSA) is 140 Å². The highest BCUT2D eigenvalue weighted by Crippen LogP contribution is 2.39. The van der Waals surface area contributed by atoms with Crippen LogP contribution in [0.1, 0.15) is 12.8 Å². The maximum Gasteiger partial charge on any atom is 0.230 e. The van der Waals surface area contributed by atoms with E-state index >= 15 is 0 Å². The number of hydrogen-bond acceptors (Lipinski definition) is 11. The summed E-state index contributed by atoms with van der Waals surface area (Å²) in [5.41, 5.74) is 1.76. The monoisotopic (exact) mass is 482 g/mol. The second-order valence-corrected chi connectivity index (χ2v) is 7.98. The Bertz CT molecular complexity index is 1310. The second-order valence-electron chi connectivity index (χ2n) is 7.98. The zero-order valence-electron chi connectivity index (χ0n) is 19.5. The number of rotatable bonds is 8. The van der Waals surface area contributed by atoms with Gasteiger partial charge in [-0.25, -0.2) is 9.97 Å². The normalized spacial score (nSPS) is 17.7. The van der Waals surface area contributed by atoms with Crippen molar-refractivity contribution in [3.63, 3.8) is 0 Å². The van der Waals surface area contributed by atoms with Crippen LogP contribution in [-0.4, -0.2) is 69.9 Å². The second kappa shape index (κ2) is 9.31. The van der Waals surface area contributed by atoms with Crippen molar-refractivity contribution in [1.82, 2.24) is 19.5 Å². The first kappa shape index (κ1) is 22.7. The van der Waals surface area contributed by atoms with Crippen LogP contribution in [0.4, 0.5) is 17.6 Å². The Morgan fingerprint density at radius 1 is 1.11 bits per heavy atom. The molecule has 5 rings (SSSR count). The van der Waals surface area contributed by atoms with Gasteiger partial charge in [-0.3, -0.25) is 0 Å². The molecule has 0 amide bonds. The minimum atomic E-state index is -0.774. The number of anilines is 3. The molecule has 12 nitrogen and oxygen atoms in total. The molecule has 1 aliphatic heterocycles. The predicted molar refractivity (Wildman–Crippen MR) is 127 cm³/mol. The summed E-state index contributed by atoms with van der Waals surface area (Å²) < 4.78 is 23.7. The number of ether oxygens (including phenoxy) is 3. The number of benzene rings is 1. The largest absolute Gasteiger partial charge is 0.493 e. The SMILES string of the molecule is COc1cc(-n2cnc(Nc3nc(N4C(O)CC[C@H]4CO)nc4ccoc34)c2)cc(OC)c1OC. The summed E-state index contributed by atoms with van der Waals surface area (Å²) in [7, 11) is 4.67. The van der Waals surface area contributed by atoms with E-state index in [1.165, 1.54) is 6.26 Å². The molecule has 1 unspecified atom stereocenters. The minimum Gasteiger partial charge on any atom is -0.493 e. The van der Waals surface area contributed by atoms with Gasteiger partial charge in [-0.05, 0) is 12.8 Å². The Balaban J connectivity index is 1.49. The van der Waals surface area contributed by atoms with Gasteiger partial charge >= 0.3 is 0 Å². The fourth-order valence-electron chi connectivity index (χ4n) is 4.26. The van der Waals surface area contributed by atoms with Gasteiger partial charge in [0, 0.05) is 18.2 Å². The lowest BCUT2D eigenvalue weighted by Crippen LogP contribution is -2.39. The van der Waals surface area contributed by atoms with Crippen LogP contribution in [0.25, 0.3) is 16.8 Å². The number of hydrogen-bond donors (Lipinski definition) is 3. The quantitative estimate of drug-likeness (QED) is 0.341. The summed E-state index contributed by atoms with van der Waals surface area (Å²) in [4.78, 5) is 15.2. The van der Waals surface area contributed by atoms with Crippen molar-refractivity contribution in [3.8, 4) is 22.9 Å². The van der Waals surface area contributed by atoms with E-state index < -0.39 is 6.23 Å². The summed E-state index contributed by atoms with van der Waals surface area (Å²) >= 11 is 0. The van der Waals surface area contributed by atoms with Gasteiger partial charge in [-0.2, -0.15) is 4.98 Å². The summed E-state index contributed by atoms with van der Waals surface area (Å²) in [6, 6.07) is 5.08. The molecule has 35 heavy (non-hydrogen) atoms. The lowest BCUT2D eigenvalue weighted by molar-refractivity contribution is 0.174. The number of imidazole rings is 1. The van der Waals surface area contributed by atoms with Crippen molar-refractivity contribution >= 4 is 28.7 Å². The van der Waals surface area contributed by atoms with E-state index in [1.54, 1.807) is 49.4 Å². The zero-order valence-corrected chi connectivity index (χ0v) is 19.5. The van der Waals surface area contributed by atoms with Crippen LogP contribution in [0, 0.1) is 0 Å². The van der Waals surface area contributed by atoms with Crippen molar-refractivity contribution in [2.24, 2.45) is 0 Å². The lowest BCUT2D eigenvalue weighted by atomic mass is 10.2. The Labute approximate surface area is 200 Å². The molecule has 0 aliphatic carbocycles. The van der Waals surface area contributed by atoms with Crippen LogP contribution in [0.15, 0.2) is 41.4 Å². The van der Waals surface area contributed by atoms with Gasteiger partial charge in [0.2, 0.25) is 11.7 Å². The number of aliphatic hydroxyl groups excluding tert-OH is 2. The molecule has 0 radical (unpaired) electrons. The van der Waals surface area contributed by atoms with E-state index in [-0.39, 0.29) is 12.6 Å². The Morgan fingerprint density at radius 3 is 2.57 bits per heavy atom. The maximum atomic E-state index is 10.4. The van der Waals surface area contributed by atoms with Crippen LogP contribution in [-0.2, 0) is 0 Å². The molecule has 12 heteroatoms. The van der Waals surface area contributed by atoms with E-state index in [1.807, 2.05) is 12.1 Å². The highest BCUT2D eigenvalue weighted by atomic mass is 16.5.